The van der Waals surface area contributed by atoms with E-state index in [-0.39, 0.29) is 36.3 Å². The van der Waals surface area contributed by atoms with E-state index in [1.807, 2.05) is 6.92 Å². The Balaban J connectivity index is 2.22. The molecule has 0 aromatic rings. The molecule has 0 N–H and O–H groups in total. The van der Waals surface area contributed by atoms with Crippen LogP contribution in [0.1, 0.15) is 54.9 Å². The molecule has 130 valence electrons. The summed E-state index contributed by atoms with van der Waals surface area (Å²) in [6.45, 7) is 15.2. The zero-order valence-corrected chi connectivity index (χ0v) is 15.6. The van der Waals surface area contributed by atoms with E-state index in [0.717, 1.165) is 6.42 Å². The van der Waals surface area contributed by atoms with E-state index in [1.54, 1.807) is 6.26 Å². The first-order valence-electron chi connectivity index (χ1n) is 8.60. The van der Waals surface area contributed by atoms with Crippen molar-refractivity contribution in [1.29, 1.82) is 0 Å². The van der Waals surface area contributed by atoms with Gasteiger partial charge in [-0.2, -0.15) is 0 Å². The van der Waals surface area contributed by atoms with Crippen LogP contribution in [0.25, 0.3) is 0 Å². The second kappa shape index (κ2) is 7.00. The van der Waals surface area contributed by atoms with Gasteiger partial charge in [-0.1, -0.05) is 11.6 Å². The van der Waals surface area contributed by atoms with Gasteiger partial charge in [0.05, 0.1) is 17.5 Å². The van der Waals surface area contributed by atoms with Crippen molar-refractivity contribution < 1.29 is 18.8 Å². The minimum absolute atomic E-state index is 0.108. The van der Waals surface area contributed by atoms with Gasteiger partial charge in [-0.25, -0.2) is 0 Å². The van der Waals surface area contributed by atoms with Crippen LogP contribution < -0.4 is 0 Å². The van der Waals surface area contributed by atoms with Crippen LogP contribution in [0.2, 0.25) is 5.82 Å². The highest BCUT2D eigenvalue weighted by molar-refractivity contribution is 6.48. The first-order chi connectivity index (χ1) is 10.7. The van der Waals surface area contributed by atoms with E-state index in [0.29, 0.717) is 6.61 Å². The number of hydrogen-bond donors (Lipinski definition) is 0. The average molecular weight is 322 g/mol. The molecular formula is C18H31BO4. The molecule has 2 aliphatic heterocycles. The Morgan fingerprint density at radius 2 is 1.78 bits per heavy atom. The van der Waals surface area contributed by atoms with Crippen LogP contribution in [-0.2, 0) is 18.8 Å². The van der Waals surface area contributed by atoms with Crippen LogP contribution in [0.4, 0.5) is 0 Å². The highest BCUT2D eigenvalue weighted by atomic mass is 16.7. The van der Waals surface area contributed by atoms with Gasteiger partial charge < -0.3 is 18.8 Å². The van der Waals surface area contributed by atoms with Crippen molar-refractivity contribution in [1.82, 2.24) is 0 Å². The molecule has 0 radical (unpaired) electrons. The molecule has 2 aliphatic rings. The fourth-order valence-electron chi connectivity index (χ4n) is 2.94. The summed E-state index contributed by atoms with van der Waals surface area (Å²) in [5.74, 6) is 0.279. The summed E-state index contributed by atoms with van der Waals surface area (Å²) in [6.07, 6.45) is 6.64. The molecule has 0 aliphatic carbocycles. The van der Waals surface area contributed by atoms with Crippen molar-refractivity contribution in [3.63, 3.8) is 0 Å². The quantitative estimate of drug-likeness (QED) is 0.558. The van der Waals surface area contributed by atoms with Gasteiger partial charge in [0.25, 0.3) is 0 Å². The summed E-state index contributed by atoms with van der Waals surface area (Å²) in [5, 5.41) is 0. The Labute approximate surface area is 141 Å². The Bertz CT molecular complexity index is 450. The molecule has 2 heterocycles. The van der Waals surface area contributed by atoms with Crippen LogP contribution in [0, 0.1) is 5.92 Å². The highest BCUT2D eigenvalue weighted by Gasteiger charge is 2.55. The smallest absolute Gasteiger partial charge is 0.465 e. The van der Waals surface area contributed by atoms with Crippen LogP contribution >= 0.6 is 0 Å². The minimum atomic E-state index is -0.327. The van der Waals surface area contributed by atoms with Gasteiger partial charge in [-0.3, -0.25) is 0 Å². The lowest BCUT2D eigenvalue weighted by atomic mass is 9.63. The van der Waals surface area contributed by atoms with Crippen molar-refractivity contribution in [2.75, 3.05) is 6.61 Å². The summed E-state index contributed by atoms with van der Waals surface area (Å²) in [7, 11) is -0.279. The van der Waals surface area contributed by atoms with Gasteiger partial charge >= 0.3 is 7.12 Å². The zero-order chi connectivity index (χ0) is 17.3. The van der Waals surface area contributed by atoms with Gasteiger partial charge in [0, 0.05) is 18.3 Å². The van der Waals surface area contributed by atoms with Gasteiger partial charge in [-0.05, 0) is 61.0 Å². The molecule has 1 saturated heterocycles. The monoisotopic (exact) mass is 322 g/mol. The molecule has 0 unspecified atom stereocenters. The Hall–Kier alpha value is -0.775. The van der Waals surface area contributed by atoms with Crippen molar-refractivity contribution >= 4 is 7.12 Å². The van der Waals surface area contributed by atoms with Crippen molar-refractivity contribution in [3.05, 3.63) is 24.0 Å². The lowest BCUT2D eigenvalue weighted by Crippen LogP contribution is -2.41. The maximum atomic E-state index is 6.26. The first-order valence-corrected chi connectivity index (χ1v) is 8.60. The zero-order valence-electron chi connectivity index (χ0n) is 15.6. The Kier molecular flexibility index (Phi) is 5.65. The fourth-order valence-corrected chi connectivity index (χ4v) is 2.94. The summed E-state index contributed by atoms with van der Waals surface area (Å²) in [6, 6.07) is 0. The second-order valence-corrected chi connectivity index (χ2v) is 7.67. The number of hydrogen-bond acceptors (Lipinski definition) is 4. The largest absolute Gasteiger partial charge is 0.473 e. The van der Waals surface area contributed by atoms with E-state index in [1.165, 1.54) is 5.57 Å². The van der Waals surface area contributed by atoms with E-state index in [4.69, 9.17) is 18.8 Å². The third-order valence-electron chi connectivity index (χ3n) is 5.07. The molecule has 5 heteroatoms. The van der Waals surface area contributed by atoms with Gasteiger partial charge in [0.15, 0.2) is 0 Å². The van der Waals surface area contributed by atoms with Crippen molar-refractivity contribution in [2.24, 2.45) is 5.92 Å². The Morgan fingerprint density at radius 3 is 2.30 bits per heavy atom. The van der Waals surface area contributed by atoms with E-state index in [9.17, 15) is 0 Å². The van der Waals surface area contributed by atoms with E-state index in [2.05, 4.69) is 53.7 Å². The minimum Gasteiger partial charge on any atom is -0.473 e. The van der Waals surface area contributed by atoms with Crippen LogP contribution in [0.5, 0.6) is 0 Å². The maximum Gasteiger partial charge on any atom is 0.465 e. The standard InChI is InChI=1S/C18H31BO4/c1-8-20-16-14(10-9-13(2)3)15(11-12-21-16)19-22-17(4,5)18(6,7)23-19/h9,11-12,14-16H,8,10H2,1-7H3/t14-,15-,16+/m1/s1. The number of ether oxygens (including phenoxy) is 2. The molecular weight excluding hydrogens is 291 g/mol. The number of rotatable bonds is 5. The Morgan fingerprint density at radius 1 is 1.17 bits per heavy atom. The molecule has 0 amide bonds. The third-order valence-corrected chi connectivity index (χ3v) is 5.07. The van der Waals surface area contributed by atoms with Gasteiger partial charge in [-0.15, -0.1) is 0 Å². The molecule has 4 nitrogen and oxygen atoms in total. The van der Waals surface area contributed by atoms with Crippen molar-refractivity contribution in [3.8, 4) is 0 Å². The molecule has 0 aromatic heterocycles. The lowest BCUT2D eigenvalue weighted by molar-refractivity contribution is -0.143. The summed E-state index contributed by atoms with van der Waals surface area (Å²) >= 11 is 0. The van der Waals surface area contributed by atoms with Crippen LogP contribution in [0.15, 0.2) is 24.0 Å². The molecule has 0 aromatic carbocycles. The SMILES string of the molecule is CCO[C@H]1OC=C[C@@H](B2OC(C)(C)C(C)(C)O2)[C@H]1CC=C(C)C. The summed E-state index contributed by atoms with van der Waals surface area (Å²) in [5.41, 5.74) is 0.639. The molecule has 3 atom stereocenters. The highest BCUT2D eigenvalue weighted by Crippen LogP contribution is 2.45. The lowest BCUT2D eigenvalue weighted by Gasteiger charge is -2.34. The molecule has 0 spiro atoms. The molecule has 1 fully saturated rings. The fraction of sp³-hybridized carbons (Fsp3) is 0.778. The predicted molar refractivity (Wildman–Crippen MR) is 93.0 cm³/mol. The second-order valence-electron chi connectivity index (χ2n) is 7.67. The van der Waals surface area contributed by atoms with Gasteiger partial charge in [0.2, 0.25) is 6.29 Å². The van der Waals surface area contributed by atoms with Gasteiger partial charge in [0.1, 0.15) is 0 Å². The molecule has 23 heavy (non-hydrogen) atoms. The third kappa shape index (κ3) is 4.01. The molecule has 0 saturated carbocycles. The predicted octanol–water partition coefficient (Wildman–Crippen LogP) is 4.33. The summed E-state index contributed by atoms with van der Waals surface area (Å²) < 4.78 is 24.0. The van der Waals surface area contributed by atoms with Crippen LogP contribution in [-0.4, -0.2) is 31.2 Å². The molecule has 0 bridgehead atoms. The van der Waals surface area contributed by atoms with Crippen molar-refractivity contribution in [2.45, 2.75) is 78.2 Å². The van der Waals surface area contributed by atoms with Crippen LogP contribution in [0.3, 0.4) is 0 Å². The number of allylic oxidation sites excluding steroid dienone is 3. The van der Waals surface area contributed by atoms with E-state index < -0.39 is 0 Å². The average Bonchev–Trinajstić information content (AvgIpc) is 2.66. The summed E-state index contributed by atoms with van der Waals surface area (Å²) in [4.78, 5) is 0. The maximum absolute atomic E-state index is 6.26. The molecule has 2 rings (SSSR count). The first kappa shape index (κ1) is 18.6. The topological polar surface area (TPSA) is 36.9 Å². The normalized spacial score (nSPS) is 31.8. The van der Waals surface area contributed by atoms with E-state index >= 15 is 0 Å².